The number of aromatic nitrogens is 6. The molecule has 1 aliphatic heterocycles. The molecule has 0 radical (unpaired) electrons. The first-order valence-electron chi connectivity index (χ1n) is 22.9. The molecule has 1 aliphatic carbocycles. The number of anilines is 6. The van der Waals surface area contributed by atoms with Crippen LogP contribution >= 0.6 is 0 Å². The lowest BCUT2D eigenvalue weighted by atomic mass is 10.1. The van der Waals surface area contributed by atoms with E-state index in [9.17, 15) is 4.79 Å². The number of hydrogen-bond donors (Lipinski definition) is 7. The van der Waals surface area contributed by atoms with Crippen molar-refractivity contribution < 1.29 is 9.47 Å². The third kappa shape index (κ3) is 16.9. The zero-order valence-corrected chi connectivity index (χ0v) is 39.3. The van der Waals surface area contributed by atoms with E-state index >= 15 is 0 Å². The molecule has 6 aromatic rings. The van der Waals surface area contributed by atoms with Crippen LogP contribution in [0.1, 0.15) is 115 Å². The van der Waals surface area contributed by atoms with E-state index in [1.807, 2.05) is 101 Å². The molecule has 66 heavy (non-hydrogen) atoms. The highest BCUT2D eigenvalue weighted by atomic mass is 16.5. The molecule has 2 aliphatic rings. The predicted octanol–water partition coefficient (Wildman–Crippen LogP) is 9.20. The lowest BCUT2D eigenvalue weighted by Crippen LogP contribution is -2.35. The van der Waals surface area contributed by atoms with Gasteiger partial charge in [-0.3, -0.25) is 19.7 Å². The van der Waals surface area contributed by atoms with E-state index in [1.165, 1.54) is 38.2 Å². The molecule has 1 saturated heterocycles. The number of H-pyrrole nitrogens is 1. The van der Waals surface area contributed by atoms with Crippen LogP contribution in [0.3, 0.4) is 0 Å². The standard InChI is InChI=1S/C18H25N5O.C15H20N4O.C12H14N4O.C5H10/c1-13(16-5-3-4-10-20-16)21-18-15(19)6-7-17(22-18)24-14-8-11-23(2)12-9-14;1-10(2)20-14-8-7-12(16)15(19-14)18-11(3)13-6-4-5-9-17-13;1-8(10-4-2-3-7-14-10)15-12-9(13)5-6-11(17)16-12;1-2-4-5-3-1/h3-7,10,13-14H,8-9,11-12,19H2,1-2H3,(H,21,22);4-11H,16H2,1-3H3,(H,18,19);2-8H,13H2,1H3,(H2,15,16,17);1-5H2. The van der Waals surface area contributed by atoms with E-state index in [1.54, 1.807) is 36.8 Å². The Morgan fingerprint density at radius 3 is 1.48 bits per heavy atom. The van der Waals surface area contributed by atoms with E-state index in [2.05, 4.69) is 57.8 Å². The Labute approximate surface area is 389 Å². The minimum absolute atomic E-state index is 0.0135. The smallest absolute Gasteiger partial charge is 0.249 e. The number of hydrogen-bond acceptors (Lipinski definition) is 15. The van der Waals surface area contributed by atoms with Crippen molar-refractivity contribution in [1.29, 1.82) is 0 Å². The number of nitrogens with two attached hydrogens (primary N) is 3. The van der Waals surface area contributed by atoms with E-state index in [0.29, 0.717) is 46.3 Å². The molecular formula is C50H69N13O3. The van der Waals surface area contributed by atoms with Gasteiger partial charge in [-0.15, -0.1) is 0 Å². The Bertz CT molecular complexity index is 2350. The quantitative estimate of drug-likeness (QED) is 0.0572. The molecule has 8 rings (SSSR count). The third-order valence-corrected chi connectivity index (χ3v) is 10.8. The van der Waals surface area contributed by atoms with Crippen molar-refractivity contribution in [1.82, 2.24) is 34.8 Å². The molecule has 16 nitrogen and oxygen atoms in total. The lowest BCUT2D eigenvalue weighted by Gasteiger charge is -2.29. The van der Waals surface area contributed by atoms with Crippen LogP contribution in [0.15, 0.2) is 114 Å². The number of nitrogens with one attached hydrogen (secondary N) is 4. The van der Waals surface area contributed by atoms with Gasteiger partial charge in [-0.05, 0) is 109 Å². The zero-order valence-electron chi connectivity index (χ0n) is 39.3. The van der Waals surface area contributed by atoms with Crippen LogP contribution in [-0.2, 0) is 0 Å². The molecule has 0 spiro atoms. The van der Waals surface area contributed by atoms with Gasteiger partial charge in [0.25, 0.3) is 0 Å². The summed E-state index contributed by atoms with van der Waals surface area (Å²) < 4.78 is 11.6. The number of pyridine rings is 6. The Morgan fingerprint density at radius 1 is 0.591 bits per heavy atom. The summed E-state index contributed by atoms with van der Waals surface area (Å²) in [7, 11) is 2.14. The number of aromatic amines is 1. The van der Waals surface area contributed by atoms with Gasteiger partial charge >= 0.3 is 0 Å². The normalized spacial score (nSPS) is 15.0. The van der Waals surface area contributed by atoms with Crippen LogP contribution in [0, 0.1) is 0 Å². The molecule has 6 aromatic heterocycles. The van der Waals surface area contributed by atoms with E-state index in [0.717, 1.165) is 43.0 Å². The Balaban J connectivity index is 0.000000178. The maximum atomic E-state index is 11.2. The summed E-state index contributed by atoms with van der Waals surface area (Å²) in [5, 5.41) is 9.71. The number of rotatable bonds is 13. The van der Waals surface area contributed by atoms with Crippen molar-refractivity contribution >= 4 is 34.5 Å². The van der Waals surface area contributed by atoms with E-state index in [4.69, 9.17) is 26.7 Å². The van der Waals surface area contributed by atoms with Crippen molar-refractivity contribution in [3.05, 3.63) is 137 Å². The maximum absolute atomic E-state index is 11.2. The molecule has 0 aromatic carbocycles. The van der Waals surface area contributed by atoms with Crippen molar-refractivity contribution in [3.8, 4) is 11.8 Å². The summed E-state index contributed by atoms with van der Waals surface area (Å²) in [6, 6.07) is 27.5. The average Bonchev–Trinajstić information content (AvgIpc) is 3.93. The molecule has 10 N–H and O–H groups in total. The van der Waals surface area contributed by atoms with Crippen LogP contribution < -0.4 is 48.2 Å². The van der Waals surface area contributed by atoms with Crippen molar-refractivity contribution in [2.75, 3.05) is 53.3 Å². The van der Waals surface area contributed by atoms with Gasteiger partial charge in [0.1, 0.15) is 11.9 Å². The fourth-order valence-corrected chi connectivity index (χ4v) is 7.02. The molecule has 1 saturated carbocycles. The van der Waals surface area contributed by atoms with E-state index in [-0.39, 0.29) is 35.9 Å². The number of ether oxygens (including phenoxy) is 2. The van der Waals surface area contributed by atoms with Gasteiger partial charge in [0, 0.05) is 49.9 Å². The maximum Gasteiger partial charge on any atom is 0.249 e. The monoisotopic (exact) mass is 900 g/mol. The topological polar surface area (TPSA) is 233 Å². The number of piperidine rings is 1. The Hall–Kier alpha value is -6.94. The Morgan fingerprint density at radius 2 is 1.03 bits per heavy atom. The summed E-state index contributed by atoms with van der Waals surface area (Å²) in [6.45, 7) is 12.0. The molecular weight excluding hydrogens is 831 g/mol. The van der Waals surface area contributed by atoms with Crippen LogP contribution in [-0.4, -0.2) is 67.1 Å². The van der Waals surface area contributed by atoms with Gasteiger partial charge in [-0.2, -0.15) is 9.97 Å². The van der Waals surface area contributed by atoms with Crippen LogP contribution in [0.5, 0.6) is 11.8 Å². The minimum atomic E-state index is -0.185. The molecule has 2 fully saturated rings. The summed E-state index contributed by atoms with van der Waals surface area (Å²) in [6.07, 6.45) is 15.1. The van der Waals surface area contributed by atoms with Gasteiger partial charge in [0.05, 0.1) is 58.4 Å². The molecule has 16 heteroatoms. The fourth-order valence-electron chi connectivity index (χ4n) is 7.02. The summed E-state index contributed by atoms with van der Waals surface area (Å²) in [5.74, 6) is 2.95. The third-order valence-electron chi connectivity index (χ3n) is 10.8. The Kier molecular flexibility index (Phi) is 19.8. The molecule has 3 atom stereocenters. The fraction of sp³-hybridized carbons (Fsp3) is 0.400. The zero-order chi connectivity index (χ0) is 47.3. The highest BCUT2D eigenvalue weighted by molar-refractivity contribution is 5.64. The molecule has 0 amide bonds. The van der Waals surface area contributed by atoms with Crippen LogP contribution in [0.2, 0.25) is 0 Å². The summed E-state index contributed by atoms with van der Waals surface area (Å²) in [4.78, 5) is 38.0. The first kappa shape index (κ1) is 50.1. The second-order valence-electron chi connectivity index (χ2n) is 16.7. The molecule has 352 valence electrons. The first-order valence-corrected chi connectivity index (χ1v) is 22.9. The average molecular weight is 900 g/mol. The summed E-state index contributed by atoms with van der Waals surface area (Å²) in [5.41, 5.74) is 22.0. The largest absolute Gasteiger partial charge is 0.475 e. The SMILES string of the molecule is C1CCCC1.CC(C)Oc1ccc(N)c(NC(C)c2ccccn2)n1.CC(Nc1[nH]c(=O)ccc1N)c1ccccn1.CC(Nc1nc(OC2CCN(C)CC2)ccc1N)c1ccccn1. The van der Waals surface area contributed by atoms with E-state index < -0.39 is 0 Å². The van der Waals surface area contributed by atoms with Crippen molar-refractivity contribution in [2.45, 2.75) is 110 Å². The molecule has 7 heterocycles. The number of nitrogens with zero attached hydrogens (tertiary/aromatic N) is 6. The molecule has 3 unspecified atom stereocenters. The lowest BCUT2D eigenvalue weighted by molar-refractivity contribution is 0.110. The van der Waals surface area contributed by atoms with Gasteiger partial charge in [0.15, 0.2) is 11.6 Å². The van der Waals surface area contributed by atoms with Gasteiger partial charge in [0.2, 0.25) is 17.3 Å². The highest BCUT2D eigenvalue weighted by Crippen LogP contribution is 2.27. The first-order chi connectivity index (χ1) is 31.8. The van der Waals surface area contributed by atoms with Crippen molar-refractivity contribution in [2.24, 2.45) is 0 Å². The van der Waals surface area contributed by atoms with Crippen LogP contribution in [0.4, 0.5) is 34.5 Å². The second-order valence-corrected chi connectivity index (χ2v) is 16.7. The van der Waals surface area contributed by atoms with Gasteiger partial charge < -0.3 is 52.5 Å². The number of nitrogen functional groups attached to an aromatic ring is 3. The second kappa shape index (κ2) is 26.1. The number of likely N-dealkylation sites (tertiary alicyclic amines) is 1. The van der Waals surface area contributed by atoms with Crippen LogP contribution in [0.25, 0.3) is 0 Å². The predicted molar refractivity (Wildman–Crippen MR) is 268 cm³/mol. The van der Waals surface area contributed by atoms with Gasteiger partial charge in [-0.1, -0.05) is 50.3 Å². The van der Waals surface area contributed by atoms with Crippen molar-refractivity contribution in [3.63, 3.8) is 0 Å². The summed E-state index contributed by atoms with van der Waals surface area (Å²) >= 11 is 0. The molecule has 0 bridgehead atoms. The van der Waals surface area contributed by atoms with Gasteiger partial charge in [-0.25, -0.2) is 0 Å². The minimum Gasteiger partial charge on any atom is -0.475 e. The highest BCUT2D eigenvalue weighted by Gasteiger charge is 2.19.